The molecule has 9 heteroatoms. The van der Waals surface area contributed by atoms with E-state index in [2.05, 4.69) is 15.6 Å². The van der Waals surface area contributed by atoms with Crippen LogP contribution in [-0.2, 0) is 16.1 Å². The predicted molar refractivity (Wildman–Crippen MR) is 93.3 cm³/mol. The van der Waals surface area contributed by atoms with Gasteiger partial charge in [0.25, 0.3) is 0 Å². The van der Waals surface area contributed by atoms with Crippen molar-refractivity contribution in [1.82, 2.24) is 20.2 Å². The predicted octanol–water partition coefficient (Wildman–Crippen LogP) is 1.08. The first-order valence-corrected chi connectivity index (χ1v) is 8.17. The number of hydrogen-bond acceptors (Lipinski definition) is 7. The van der Waals surface area contributed by atoms with Gasteiger partial charge in [-0.05, 0) is 59.1 Å². The fraction of sp³-hybridized carbons (Fsp3) is 0.688. The normalized spacial score (nSPS) is 12.2. The maximum Gasteiger partial charge on any atom is 0.434 e. The van der Waals surface area contributed by atoms with Crippen LogP contribution in [0.15, 0.2) is 12.4 Å². The average Bonchev–Trinajstić information content (AvgIpc) is 2.94. The molecule has 0 saturated heterocycles. The molecule has 9 nitrogen and oxygen atoms in total. The molecule has 1 rings (SSSR count). The van der Waals surface area contributed by atoms with Gasteiger partial charge in [0.1, 0.15) is 24.7 Å². The number of nitro groups is 1. The minimum Gasteiger partial charge on any atom is -0.390 e. The molecular weight excluding hydrogens is 326 g/mol. The van der Waals surface area contributed by atoms with Gasteiger partial charge in [-0.2, -0.15) is 0 Å². The molecule has 0 atom stereocenters. The molecule has 1 aromatic heterocycles. The Morgan fingerprint density at radius 2 is 1.76 bits per heavy atom. The van der Waals surface area contributed by atoms with E-state index < -0.39 is 16.0 Å². The van der Waals surface area contributed by atoms with Crippen LogP contribution in [0.4, 0.5) is 5.95 Å². The first-order chi connectivity index (χ1) is 11.5. The summed E-state index contributed by atoms with van der Waals surface area (Å²) in [6.45, 7) is 9.77. The smallest absolute Gasteiger partial charge is 0.390 e. The Kier molecular flexibility index (Phi) is 6.95. The first kappa shape index (κ1) is 20.9. The van der Waals surface area contributed by atoms with Gasteiger partial charge in [-0.25, -0.2) is 4.57 Å². The Balaban J connectivity index is 2.47. The number of imidazole rings is 1. The first-order valence-electron chi connectivity index (χ1n) is 8.17. The number of nitrogens with zero attached hydrogens (tertiary/aromatic N) is 3. The van der Waals surface area contributed by atoms with Gasteiger partial charge in [0.05, 0.1) is 11.1 Å². The second-order valence-electron chi connectivity index (χ2n) is 7.05. The summed E-state index contributed by atoms with van der Waals surface area (Å²) in [6, 6.07) is 0. The Bertz CT molecular complexity index is 636. The SMILES string of the molecule is CC(=O)C(C)(C)NCCCNC(C)(C)C(=O)Cn1ccnc1[N+](=O)[O-]. The number of ketones is 2. The van der Waals surface area contributed by atoms with Gasteiger partial charge in [-0.15, -0.1) is 0 Å². The van der Waals surface area contributed by atoms with Crippen LogP contribution >= 0.6 is 0 Å². The van der Waals surface area contributed by atoms with E-state index in [0.29, 0.717) is 13.1 Å². The lowest BCUT2D eigenvalue weighted by Crippen LogP contribution is -2.50. The highest BCUT2D eigenvalue weighted by Gasteiger charge is 2.29. The fourth-order valence-corrected chi connectivity index (χ4v) is 2.06. The number of nitrogens with one attached hydrogen (secondary N) is 2. The second kappa shape index (κ2) is 8.30. The molecule has 1 heterocycles. The zero-order chi connectivity index (χ0) is 19.3. The van der Waals surface area contributed by atoms with Gasteiger partial charge in [0.15, 0.2) is 5.78 Å². The van der Waals surface area contributed by atoms with Crippen LogP contribution in [0.25, 0.3) is 0 Å². The van der Waals surface area contributed by atoms with Crippen molar-refractivity contribution >= 4 is 17.5 Å². The summed E-state index contributed by atoms with van der Waals surface area (Å²) >= 11 is 0. The summed E-state index contributed by atoms with van der Waals surface area (Å²) < 4.78 is 1.22. The van der Waals surface area contributed by atoms with Gasteiger partial charge in [0.2, 0.25) is 0 Å². The number of hydrogen-bond donors (Lipinski definition) is 2. The van der Waals surface area contributed by atoms with E-state index in [9.17, 15) is 19.7 Å². The monoisotopic (exact) mass is 353 g/mol. The van der Waals surface area contributed by atoms with Crippen molar-refractivity contribution in [3.05, 3.63) is 22.5 Å². The average molecular weight is 353 g/mol. The van der Waals surface area contributed by atoms with Crippen LogP contribution < -0.4 is 10.6 Å². The summed E-state index contributed by atoms with van der Waals surface area (Å²) in [5, 5.41) is 17.2. The van der Waals surface area contributed by atoms with Crippen molar-refractivity contribution in [2.75, 3.05) is 13.1 Å². The highest BCUT2D eigenvalue weighted by atomic mass is 16.6. The molecule has 0 aliphatic heterocycles. The van der Waals surface area contributed by atoms with Crippen molar-refractivity contribution in [1.29, 1.82) is 0 Å². The Morgan fingerprint density at radius 1 is 1.20 bits per heavy atom. The van der Waals surface area contributed by atoms with Gasteiger partial charge < -0.3 is 20.7 Å². The third-order valence-corrected chi connectivity index (χ3v) is 4.24. The Labute approximate surface area is 147 Å². The number of Topliss-reactive ketones (excluding diaryl/α,β-unsaturated/α-hetero) is 2. The largest absolute Gasteiger partial charge is 0.434 e. The molecule has 0 aromatic carbocycles. The quantitative estimate of drug-likeness (QED) is 0.347. The maximum absolute atomic E-state index is 12.4. The number of rotatable bonds is 11. The topological polar surface area (TPSA) is 119 Å². The van der Waals surface area contributed by atoms with E-state index in [1.807, 2.05) is 13.8 Å². The third kappa shape index (κ3) is 6.02. The summed E-state index contributed by atoms with van der Waals surface area (Å²) in [6.07, 6.45) is 3.45. The van der Waals surface area contributed by atoms with E-state index >= 15 is 0 Å². The lowest BCUT2D eigenvalue weighted by Gasteiger charge is -2.26. The van der Waals surface area contributed by atoms with Crippen LogP contribution in [0.2, 0.25) is 0 Å². The van der Waals surface area contributed by atoms with Crippen LogP contribution in [0.1, 0.15) is 41.0 Å². The molecule has 0 saturated carbocycles. The van der Waals surface area contributed by atoms with Crippen LogP contribution in [0.5, 0.6) is 0 Å². The second-order valence-corrected chi connectivity index (χ2v) is 7.05. The highest BCUT2D eigenvalue weighted by molar-refractivity contribution is 5.87. The molecule has 0 spiro atoms. The number of aromatic nitrogens is 2. The van der Waals surface area contributed by atoms with E-state index in [0.717, 1.165) is 6.42 Å². The van der Waals surface area contributed by atoms with E-state index in [1.165, 1.54) is 17.0 Å². The van der Waals surface area contributed by atoms with Crippen molar-refractivity contribution in [3.63, 3.8) is 0 Å². The molecule has 140 valence electrons. The molecule has 0 aliphatic rings. The zero-order valence-electron chi connectivity index (χ0n) is 15.5. The Morgan fingerprint density at radius 3 is 2.28 bits per heavy atom. The van der Waals surface area contributed by atoms with Gasteiger partial charge in [0, 0.05) is 0 Å². The molecule has 25 heavy (non-hydrogen) atoms. The van der Waals surface area contributed by atoms with Gasteiger partial charge >= 0.3 is 5.95 Å². The van der Waals surface area contributed by atoms with E-state index in [4.69, 9.17) is 0 Å². The van der Waals surface area contributed by atoms with Gasteiger partial charge in [-0.1, -0.05) is 4.98 Å². The van der Waals surface area contributed by atoms with Crippen molar-refractivity contribution < 1.29 is 14.5 Å². The number of carbonyl (C=O) groups excluding carboxylic acids is 2. The van der Waals surface area contributed by atoms with Gasteiger partial charge in [-0.3, -0.25) is 9.59 Å². The molecule has 0 radical (unpaired) electrons. The Hall–Kier alpha value is -2.13. The number of carbonyl (C=O) groups is 2. The fourth-order valence-electron chi connectivity index (χ4n) is 2.06. The molecular formula is C16H27N5O4. The van der Waals surface area contributed by atoms with Crippen molar-refractivity contribution in [3.8, 4) is 0 Å². The molecule has 0 amide bonds. The summed E-state index contributed by atoms with van der Waals surface area (Å²) in [4.78, 5) is 37.7. The van der Waals surface area contributed by atoms with Crippen LogP contribution in [-0.4, -0.2) is 50.2 Å². The maximum atomic E-state index is 12.4. The van der Waals surface area contributed by atoms with E-state index in [-0.39, 0.29) is 24.1 Å². The lowest BCUT2D eigenvalue weighted by atomic mass is 9.98. The molecule has 0 unspecified atom stereocenters. The summed E-state index contributed by atoms with van der Waals surface area (Å²) in [7, 11) is 0. The third-order valence-electron chi connectivity index (χ3n) is 4.24. The molecule has 0 aliphatic carbocycles. The standard InChI is InChI=1S/C16H27N5O4/c1-12(22)15(2,3)18-7-6-8-19-16(4,5)13(23)11-20-10-9-17-14(20)21(24)25/h9-10,18-19H,6-8,11H2,1-5H3. The minimum atomic E-state index is -0.825. The van der Waals surface area contributed by atoms with Crippen molar-refractivity contribution in [2.45, 2.75) is 58.7 Å². The van der Waals surface area contributed by atoms with E-state index in [1.54, 1.807) is 20.8 Å². The zero-order valence-corrected chi connectivity index (χ0v) is 15.5. The highest BCUT2D eigenvalue weighted by Crippen LogP contribution is 2.12. The molecule has 0 bridgehead atoms. The molecule has 2 N–H and O–H groups in total. The minimum absolute atomic E-state index is 0.0675. The molecule has 0 fully saturated rings. The lowest BCUT2D eigenvalue weighted by molar-refractivity contribution is -0.396. The van der Waals surface area contributed by atoms with Crippen molar-refractivity contribution in [2.24, 2.45) is 0 Å². The van der Waals surface area contributed by atoms with Crippen LogP contribution in [0, 0.1) is 10.1 Å². The summed E-state index contributed by atoms with van der Waals surface area (Å²) in [5.41, 5.74) is -1.39. The molecule has 1 aromatic rings. The van der Waals surface area contributed by atoms with Crippen LogP contribution in [0.3, 0.4) is 0 Å². The summed E-state index contributed by atoms with van der Waals surface area (Å²) in [5.74, 6) is -0.455.